The lowest BCUT2D eigenvalue weighted by Gasteiger charge is -2.20. The largest absolute Gasteiger partial charge is 0.318 e. The topological polar surface area (TPSA) is 28.2 Å². The molecule has 1 aromatic heterocycles. The third-order valence-corrected chi connectivity index (χ3v) is 4.46. The van der Waals surface area contributed by atoms with Crippen LogP contribution in [0.5, 0.6) is 0 Å². The van der Waals surface area contributed by atoms with Gasteiger partial charge in [-0.2, -0.15) is 0 Å². The summed E-state index contributed by atoms with van der Waals surface area (Å²) in [6.07, 6.45) is 2.64. The standard InChI is InChI=1S/C16H21N3S/c1-3-19(15-6-4-5-12(2)9-15)16-18-14(11-20-16)10-17-13-7-8-13/h4-6,9,11,13,17H,3,7-8,10H2,1-2H3. The van der Waals surface area contributed by atoms with E-state index in [1.54, 1.807) is 11.3 Å². The number of aryl methyl sites for hydroxylation is 1. The number of thiazole rings is 1. The smallest absolute Gasteiger partial charge is 0.190 e. The van der Waals surface area contributed by atoms with Crippen molar-refractivity contribution in [3.63, 3.8) is 0 Å². The molecule has 20 heavy (non-hydrogen) atoms. The minimum absolute atomic E-state index is 0.735. The number of anilines is 2. The number of benzene rings is 1. The zero-order valence-corrected chi connectivity index (χ0v) is 12.9. The molecule has 0 spiro atoms. The molecule has 0 atom stereocenters. The molecule has 1 aliphatic rings. The number of nitrogens with zero attached hydrogens (tertiary/aromatic N) is 2. The lowest BCUT2D eigenvalue weighted by atomic mass is 10.2. The fourth-order valence-electron chi connectivity index (χ4n) is 2.26. The monoisotopic (exact) mass is 287 g/mol. The molecule has 3 nitrogen and oxygen atoms in total. The Balaban J connectivity index is 1.74. The average molecular weight is 287 g/mol. The quantitative estimate of drug-likeness (QED) is 0.874. The summed E-state index contributed by atoms with van der Waals surface area (Å²) in [5.74, 6) is 0. The van der Waals surface area contributed by atoms with Gasteiger partial charge in [-0.15, -0.1) is 11.3 Å². The second kappa shape index (κ2) is 5.94. The van der Waals surface area contributed by atoms with Gasteiger partial charge in [-0.05, 0) is 44.4 Å². The van der Waals surface area contributed by atoms with Gasteiger partial charge in [0.1, 0.15) is 0 Å². The van der Waals surface area contributed by atoms with Crippen molar-refractivity contribution < 1.29 is 0 Å². The maximum absolute atomic E-state index is 4.77. The van der Waals surface area contributed by atoms with Crippen molar-refractivity contribution in [1.29, 1.82) is 0 Å². The van der Waals surface area contributed by atoms with E-state index in [-0.39, 0.29) is 0 Å². The molecule has 0 radical (unpaired) electrons. The molecule has 0 unspecified atom stereocenters. The summed E-state index contributed by atoms with van der Waals surface area (Å²) in [5, 5.41) is 6.78. The molecule has 1 fully saturated rings. The Morgan fingerprint density at radius 3 is 2.95 bits per heavy atom. The van der Waals surface area contributed by atoms with E-state index in [1.807, 2.05) is 0 Å². The van der Waals surface area contributed by atoms with Gasteiger partial charge >= 0.3 is 0 Å². The Kier molecular flexibility index (Phi) is 4.03. The Hall–Kier alpha value is -1.39. The molecule has 3 rings (SSSR count). The van der Waals surface area contributed by atoms with Gasteiger partial charge in [0, 0.05) is 30.2 Å². The van der Waals surface area contributed by atoms with Crippen molar-refractivity contribution in [2.45, 2.75) is 39.3 Å². The van der Waals surface area contributed by atoms with Crippen LogP contribution in [-0.4, -0.2) is 17.6 Å². The van der Waals surface area contributed by atoms with Crippen molar-refractivity contribution in [2.75, 3.05) is 11.4 Å². The Morgan fingerprint density at radius 2 is 2.25 bits per heavy atom. The fourth-order valence-corrected chi connectivity index (χ4v) is 3.17. The highest BCUT2D eigenvalue weighted by Gasteiger charge is 2.20. The second-order valence-electron chi connectivity index (χ2n) is 5.36. The van der Waals surface area contributed by atoms with Gasteiger partial charge in [-0.1, -0.05) is 12.1 Å². The van der Waals surface area contributed by atoms with Gasteiger partial charge in [-0.25, -0.2) is 4.98 Å². The summed E-state index contributed by atoms with van der Waals surface area (Å²) in [6, 6.07) is 9.34. The maximum atomic E-state index is 4.77. The number of aromatic nitrogens is 1. The molecular formula is C16H21N3S. The molecular weight excluding hydrogens is 266 g/mol. The predicted molar refractivity (Wildman–Crippen MR) is 85.8 cm³/mol. The van der Waals surface area contributed by atoms with Crippen molar-refractivity contribution >= 4 is 22.2 Å². The lowest BCUT2D eigenvalue weighted by molar-refractivity contribution is 0.677. The van der Waals surface area contributed by atoms with Crippen molar-refractivity contribution in [3.8, 4) is 0 Å². The van der Waals surface area contributed by atoms with E-state index in [4.69, 9.17) is 4.98 Å². The molecule has 1 heterocycles. The number of hydrogen-bond donors (Lipinski definition) is 1. The van der Waals surface area contributed by atoms with E-state index in [2.05, 4.69) is 53.7 Å². The average Bonchev–Trinajstić information content (AvgIpc) is 3.16. The molecule has 0 aliphatic heterocycles. The zero-order chi connectivity index (χ0) is 13.9. The van der Waals surface area contributed by atoms with Crippen LogP contribution < -0.4 is 10.2 Å². The maximum Gasteiger partial charge on any atom is 0.190 e. The van der Waals surface area contributed by atoms with E-state index >= 15 is 0 Å². The van der Waals surface area contributed by atoms with Crippen LogP contribution in [0.1, 0.15) is 31.0 Å². The first-order valence-corrected chi connectivity index (χ1v) is 8.16. The third-order valence-electron chi connectivity index (χ3n) is 3.55. The fraction of sp³-hybridized carbons (Fsp3) is 0.438. The van der Waals surface area contributed by atoms with Crippen molar-refractivity contribution in [1.82, 2.24) is 10.3 Å². The van der Waals surface area contributed by atoms with Crippen LogP contribution in [0.2, 0.25) is 0 Å². The zero-order valence-electron chi connectivity index (χ0n) is 12.1. The van der Waals surface area contributed by atoms with E-state index < -0.39 is 0 Å². The van der Waals surface area contributed by atoms with Gasteiger partial charge in [0.15, 0.2) is 5.13 Å². The molecule has 106 valence electrons. The molecule has 0 bridgehead atoms. The molecule has 1 aliphatic carbocycles. The Bertz CT molecular complexity index is 575. The van der Waals surface area contributed by atoms with Gasteiger partial charge in [-0.3, -0.25) is 0 Å². The van der Waals surface area contributed by atoms with Crippen LogP contribution in [0.15, 0.2) is 29.6 Å². The molecule has 1 N–H and O–H groups in total. The SMILES string of the molecule is CCN(c1cccc(C)c1)c1nc(CNC2CC2)cs1. The first-order chi connectivity index (χ1) is 9.76. The Morgan fingerprint density at radius 1 is 1.40 bits per heavy atom. The number of rotatable bonds is 6. The summed E-state index contributed by atoms with van der Waals surface area (Å²) in [7, 11) is 0. The molecule has 1 saturated carbocycles. The van der Waals surface area contributed by atoms with Crippen LogP contribution in [-0.2, 0) is 6.54 Å². The van der Waals surface area contributed by atoms with E-state index in [9.17, 15) is 0 Å². The minimum atomic E-state index is 0.735. The second-order valence-corrected chi connectivity index (χ2v) is 6.20. The van der Waals surface area contributed by atoms with Crippen LogP contribution in [0.3, 0.4) is 0 Å². The van der Waals surface area contributed by atoms with Crippen LogP contribution in [0, 0.1) is 6.92 Å². The van der Waals surface area contributed by atoms with Gasteiger partial charge in [0.2, 0.25) is 0 Å². The van der Waals surface area contributed by atoms with Crippen LogP contribution in [0.25, 0.3) is 0 Å². The summed E-state index contributed by atoms with van der Waals surface area (Å²) < 4.78 is 0. The first kappa shape index (κ1) is 13.6. The van der Waals surface area contributed by atoms with E-state index in [0.29, 0.717) is 0 Å². The number of nitrogens with one attached hydrogen (secondary N) is 1. The molecule has 2 aromatic rings. The highest BCUT2D eigenvalue weighted by molar-refractivity contribution is 7.13. The highest BCUT2D eigenvalue weighted by Crippen LogP contribution is 2.29. The predicted octanol–water partition coefficient (Wildman–Crippen LogP) is 3.86. The summed E-state index contributed by atoms with van der Waals surface area (Å²) in [4.78, 5) is 7.05. The molecule has 1 aromatic carbocycles. The first-order valence-electron chi connectivity index (χ1n) is 7.28. The third kappa shape index (κ3) is 3.19. The van der Waals surface area contributed by atoms with Gasteiger partial charge in [0.25, 0.3) is 0 Å². The van der Waals surface area contributed by atoms with E-state index in [0.717, 1.165) is 30.0 Å². The van der Waals surface area contributed by atoms with Crippen molar-refractivity contribution in [3.05, 3.63) is 40.9 Å². The molecule has 0 saturated heterocycles. The van der Waals surface area contributed by atoms with Crippen LogP contribution >= 0.6 is 11.3 Å². The molecule has 4 heteroatoms. The minimum Gasteiger partial charge on any atom is -0.318 e. The normalized spacial score (nSPS) is 14.5. The Labute approximate surface area is 124 Å². The lowest BCUT2D eigenvalue weighted by Crippen LogP contribution is -2.17. The van der Waals surface area contributed by atoms with Crippen molar-refractivity contribution in [2.24, 2.45) is 0 Å². The van der Waals surface area contributed by atoms with Crippen LogP contribution in [0.4, 0.5) is 10.8 Å². The summed E-state index contributed by atoms with van der Waals surface area (Å²) >= 11 is 1.73. The summed E-state index contributed by atoms with van der Waals surface area (Å²) in [5.41, 5.74) is 3.67. The van der Waals surface area contributed by atoms with E-state index in [1.165, 1.54) is 24.1 Å². The number of hydrogen-bond acceptors (Lipinski definition) is 4. The van der Waals surface area contributed by atoms with Gasteiger partial charge < -0.3 is 10.2 Å². The van der Waals surface area contributed by atoms with Gasteiger partial charge in [0.05, 0.1) is 5.69 Å². The summed E-state index contributed by atoms with van der Waals surface area (Å²) in [6.45, 7) is 6.13. The molecule has 0 amide bonds. The highest BCUT2D eigenvalue weighted by atomic mass is 32.1.